The van der Waals surface area contributed by atoms with Crippen LogP contribution < -0.4 is 5.32 Å². The van der Waals surface area contributed by atoms with E-state index in [1.807, 2.05) is 49.2 Å². The van der Waals surface area contributed by atoms with E-state index in [4.69, 9.17) is 0 Å². The topological polar surface area (TPSA) is 75.9 Å². The van der Waals surface area contributed by atoms with Crippen LogP contribution in [0.4, 0.5) is 0 Å². The van der Waals surface area contributed by atoms with Gasteiger partial charge in [0.1, 0.15) is 0 Å². The summed E-state index contributed by atoms with van der Waals surface area (Å²) >= 11 is 0. The van der Waals surface area contributed by atoms with Crippen molar-refractivity contribution in [3.63, 3.8) is 0 Å². The first-order chi connectivity index (χ1) is 13.7. The molecule has 1 fully saturated rings. The fraction of sp³-hybridized carbons (Fsp3) is 0.429. The minimum atomic E-state index is -0.0241. The maximum absolute atomic E-state index is 13.0. The average Bonchev–Trinajstić information content (AvgIpc) is 3.12. The van der Waals surface area contributed by atoms with E-state index in [2.05, 4.69) is 20.6 Å². The Morgan fingerprint density at radius 2 is 1.90 bits per heavy atom. The molecule has 4 rings (SSSR count). The summed E-state index contributed by atoms with van der Waals surface area (Å²) in [6.45, 7) is 4.50. The van der Waals surface area contributed by atoms with E-state index >= 15 is 0 Å². The van der Waals surface area contributed by atoms with Crippen molar-refractivity contribution in [3.8, 4) is 5.69 Å². The van der Waals surface area contributed by atoms with Gasteiger partial charge in [-0.1, -0.05) is 23.4 Å². The van der Waals surface area contributed by atoms with Gasteiger partial charge in [0.15, 0.2) is 5.69 Å². The Bertz CT molecular complexity index is 979. The lowest BCUT2D eigenvalue weighted by Gasteiger charge is -2.31. The van der Waals surface area contributed by atoms with Gasteiger partial charge in [-0.25, -0.2) is 4.68 Å². The Kier molecular flexibility index (Phi) is 8.58. The number of halogens is 2. The van der Waals surface area contributed by atoms with Gasteiger partial charge in [0.2, 0.25) is 0 Å². The number of nitrogens with one attached hydrogen (secondary N) is 1. The molecule has 0 bridgehead atoms. The summed E-state index contributed by atoms with van der Waals surface area (Å²) in [5.74, 6) is 0.666. The zero-order chi connectivity index (χ0) is 19.5. The van der Waals surface area contributed by atoms with E-state index in [0.29, 0.717) is 11.6 Å². The fourth-order valence-corrected chi connectivity index (χ4v) is 3.94. The van der Waals surface area contributed by atoms with E-state index in [1.165, 1.54) is 6.42 Å². The van der Waals surface area contributed by atoms with Gasteiger partial charge in [-0.2, -0.15) is 0 Å². The molecule has 162 valence electrons. The molecule has 0 spiro atoms. The lowest BCUT2D eigenvalue weighted by atomic mass is 9.93. The molecule has 0 radical (unpaired) electrons. The Labute approximate surface area is 189 Å². The summed E-state index contributed by atoms with van der Waals surface area (Å²) in [7, 11) is 1.98. The monoisotopic (exact) mass is 450 g/mol. The molecule has 9 heteroatoms. The van der Waals surface area contributed by atoms with Crippen LogP contribution in [-0.2, 0) is 0 Å². The number of carbonyl (C=O) groups is 1. The third-order valence-electron chi connectivity index (χ3n) is 5.64. The number of piperidine rings is 1. The number of fused-ring (bicyclic) bond motifs is 1. The fourth-order valence-electron chi connectivity index (χ4n) is 3.94. The van der Waals surface area contributed by atoms with E-state index in [-0.39, 0.29) is 30.7 Å². The second kappa shape index (κ2) is 10.7. The number of amides is 1. The largest absolute Gasteiger partial charge is 0.337 e. The zero-order valence-corrected chi connectivity index (χ0v) is 18.9. The Balaban J connectivity index is 0.00000160. The Morgan fingerprint density at radius 3 is 2.63 bits per heavy atom. The van der Waals surface area contributed by atoms with Crippen molar-refractivity contribution in [2.24, 2.45) is 5.92 Å². The molecule has 30 heavy (non-hydrogen) atoms. The molecule has 0 aliphatic carbocycles. The molecule has 1 amide bonds. The SMILES string of the molecule is CNCCC1CCN(C(=O)c2nnn(-c3cccc4cccnc34)c2C)CC1.Cl.Cl. The molecular formula is C21H28Cl2N6O. The summed E-state index contributed by atoms with van der Waals surface area (Å²) in [6.07, 6.45) is 5.03. The van der Waals surface area contributed by atoms with Crippen LogP contribution in [0.2, 0.25) is 0 Å². The smallest absolute Gasteiger partial charge is 0.276 e. The molecular weight excluding hydrogens is 423 g/mol. The number of likely N-dealkylation sites (tertiary alicyclic amines) is 1. The number of hydrogen-bond acceptors (Lipinski definition) is 5. The van der Waals surface area contributed by atoms with Crippen LogP contribution in [0.1, 0.15) is 35.4 Å². The van der Waals surface area contributed by atoms with E-state index in [1.54, 1.807) is 10.9 Å². The highest BCUT2D eigenvalue weighted by Gasteiger charge is 2.27. The molecule has 3 heterocycles. The third kappa shape index (κ3) is 4.74. The van der Waals surface area contributed by atoms with Crippen molar-refractivity contribution in [2.45, 2.75) is 26.2 Å². The van der Waals surface area contributed by atoms with Crippen LogP contribution in [-0.4, -0.2) is 57.5 Å². The number of pyridine rings is 1. The van der Waals surface area contributed by atoms with E-state index in [9.17, 15) is 4.79 Å². The van der Waals surface area contributed by atoms with Crippen molar-refractivity contribution in [2.75, 3.05) is 26.7 Å². The predicted molar refractivity (Wildman–Crippen MR) is 123 cm³/mol. The number of carbonyl (C=O) groups excluding carboxylic acids is 1. The average molecular weight is 451 g/mol. The molecule has 7 nitrogen and oxygen atoms in total. The Morgan fingerprint density at radius 1 is 1.17 bits per heavy atom. The first-order valence-electron chi connectivity index (χ1n) is 9.89. The molecule has 1 aliphatic rings. The molecule has 1 saturated heterocycles. The summed E-state index contributed by atoms with van der Waals surface area (Å²) in [5.41, 5.74) is 2.87. The highest BCUT2D eigenvalue weighted by atomic mass is 35.5. The van der Waals surface area contributed by atoms with Crippen molar-refractivity contribution < 1.29 is 4.79 Å². The van der Waals surface area contributed by atoms with Gasteiger partial charge in [0, 0.05) is 24.7 Å². The molecule has 0 atom stereocenters. The summed E-state index contributed by atoms with van der Waals surface area (Å²) in [4.78, 5) is 19.4. The highest BCUT2D eigenvalue weighted by molar-refractivity contribution is 5.94. The number of rotatable bonds is 5. The van der Waals surface area contributed by atoms with Crippen LogP contribution in [0.25, 0.3) is 16.6 Å². The maximum Gasteiger partial charge on any atom is 0.276 e. The van der Waals surface area contributed by atoms with Gasteiger partial charge in [-0.05, 0) is 57.8 Å². The lowest BCUT2D eigenvalue weighted by molar-refractivity contribution is 0.0680. The van der Waals surface area contributed by atoms with Crippen LogP contribution in [0.3, 0.4) is 0 Å². The maximum atomic E-state index is 13.0. The Hall–Kier alpha value is -2.22. The standard InChI is InChI=1S/C21H26N6O.2ClH/c1-15-19(21(28)26-13-9-16(10-14-26)8-12-22-2)24-25-27(15)18-7-3-5-17-6-4-11-23-20(17)18;;/h3-7,11,16,22H,8-10,12-14H2,1-2H3;2*1H. The first-order valence-corrected chi connectivity index (χ1v) is 9.89. The minimum absolute atomic E-state index is 0. The molecule has 2 aromatic heterocycles. The van der Waals surface area contributed by atoms with Gasteiger partial charge < -0.3 is 10.2 Å². The second-order valence-electron chi connectivity index (χ2n) is 7.42. The molecule has 3 aromatic rings. The van der Waals surface area contributed by atoms with E-state index in [0.717, 1.165) is 54.8 Å². The van der Waals surface area contributed by atoms with Gasteiger partial charge >= 0.3 is 0 Å². The third-order valence-corrected chi connectivity index (χ3v) is 5.64. The van der Waals surface area contributed by atoms with E-state index < -0.39 is 0 Å². The zero-order valence-electron chi connectivity index (χ0n) is 17.2. The summed E-state index contributed by atoms with van der Waals surface area (Å²) in [5, 5.41) is 12.7. The number of benzene rings is 1. The van der Waals surface area contributed by atoms with Crippen molar-refractivity contribution in [1.29, 1.82) is 0 Å². The van der Waals surface area contributed by atoms with Gasteiger partial charge in [-0.3, -0.25) is 9.78 Å². The number of nitrogens with zero attached hydrogens (tertiary/aromatic N) is 5. The molecule has 1 aromatic carbocycles. The first kappa shape index (κ1) is 24.1. The van der Waals surface area contributed by atoms with Crippen molar-refractivity contribution in [1.82, 2.24) is 30.2 Å². The molecule has 0 saturated carbocycles. The normalized spacial score (nSPS) is 14.3. The summed E-state index contributed by atoms with van der Waals surface area (Å²) < 4.78 is 1.72. The van der Waals surface area contributed by atoms with Gasteiger partial charge in [-0.15, -0.1) is 29.9 Å². The van der Waals surface area contributed by atoms with Crippen LogP contribution >= 0.6 is 24.8 Å². The lowest BCUT2D eigenvalue weighted by Crippen LogP contribution is -2.39. The minimum Gasteiger partial charge on any atom is -0.337 e. The van der Waals surface area contributed by atoms with Gasteiger partial charge in [0.25, 0.3) is 5.91 Å². The van der Waals surface area contributed by atoms with Crippen LogP contribution in [0, 0.1) is 12.8 Å². The van der Waals surface area contributed by atoms with Gasteiger partial charge in [0.05, 0.1) is 16.9 Å². The summed E-state index contributed by atoms with van der Waals surface area (Å²) in [6, 6.07) is 9.87. The number of aromatic nitrogens is 4. The molecule has 0 unspecified atom stereocenters. The molecule has 1 aliphatic heterocycles. The molecule has 1 N–H and O–H groups in total. The predicted octanol–water partition coefficient (Wildman–Crippen LogP) is 3.43. The number of hydrogen-bond donors (Lipinski definition) is 1. The highest BCUT2D eigenvalue weighted by Crippen LogP contribution is 2.24. The van der Waals surface area contributed by atoms with Crippen molar-refractivity contribution >= 4 is 41.6 Å². The van der Waals surface area contributed by atoms with Crippen LogP contribution in [0.15, 0.2) is 36.5 Å². The second-order valence-corrected chi connectivity index (χ2v) is 7.42. The van der Waals surface area contributed by atoms with Crippen LogP contribution in [0.5, 0.6) is 0 Å². The van der Waals surface area contributed by atoms with Crippen molar-refractivity contribution in [3.05, 3.63) is 47.9 Å². The quantitative estimate of drug-likeness (QED) is 0.644. The number of para-hydroxylation sites is 1.